The van der Waals surface area contributed by atoms with Crippen molar-refractivity contribution in [1.82, 2.24) is 10.2 Å². The van der Waals surface area contributed by atoms with Crippen molar-refractivity contribution >= 4 is 27.5 Å². The maximum Gasteiger partial charge on any atom is 0.254 e. The summed E-state index contributed by atoms with van der Waals surface area (Å²) in [5.41, 5.74) is 3.91. The number of morpholine rings is 1. The van der Waals surface area contributed by atoms with Crippen LogP contribution in [0.4, 0.5) is 5.69 Å². The van der Waals surface area contributed by atoms with Crippen LogP contribution in [0.2, 0.25) is 0 Å². The topological polar surface area (TPSA) is 96.0 Å². The predicted octanol–water partition coefficient (Wildman–Crippen LogP) is 2.42. The van der Waals surface area contributed by atoms with Crippen molar-refractivity contribution in [3.8, 4) is 0 Å². The first-order valence-electron chi connectivity index (χ1n) is 10.9. The maximum absolute atomic E-state index is 12.7. The molecule has 0 spiro atoms. The molecule has 0 bridgehead atoms. The quantitative estimate of drug-likeness (QED) is 0.666. The van der Waals surface area contributed by atoms with Crippen molar-refractivity contribution in [1.29, 1.82) is 0 Å². The molecule has 1 N–H and O–H groups in total. The van der Waals surface area contributed by atoms with Gasteiger partial charge >= 0.3 is 0 Å². The zero-order chi connectivity index (χ0) is 24.2. The normalized spacial score (nSPS) is 15.1. The van der Waals surface area contributed by atoms with E-state index in [-0.39, 0.29) is 18.5 Å². The summed E-state index contributed by atoms with van der Waals surface area (Å²) in [7, 11) is -3.72. The SMILES string of the molecule is Cc1ccc(C)c(C(C)NC(=O)CN(c2ccc(C(=O)N3CCOCC3)cc2)S(C)(=O)=O)c1. The van der Waals surface area contributed by atoms with E-state index in [0.717, 1.165) is 27.3 Å². The number of carbonyl (C=O) groups is 2. The number of sulfonamides is 1. The maximum atomic E-state index is 12.7. The predicted molar refractivity (Wildman–Crippen MR) is 128 cm³/mol. The van der Waals surface area contributed by atoms with Gasteiger partial charge in [-0.2, -0.15) is 0 Å². The smallest absolute Gasteiger partial charge is 0.254 e. The highest BCUT2D eigenvalue weighted by Crippen LogP contribution is 2.21. The van der Waals surface area contributed by atoms with Crippen LogP contribution in [0.3, 0.4) is 0 Å². The Hall–Kier alpha value is -2.91. The van der Waals surface area contributed by atoms with Gasteiger partial charge in [-0.3, -0.25) is 13.9 Å². The van der Waals surface area contributed by atoms with Gasteiger partial charge in [0.25, 0.3) is 5.91 Å². The van der Waals surface area contributed by atoms with Gasteiger partial charge in [0.2, 0.25) is 15.9 Å². The first kappa shape index (κ1) is 24.7. The van der Waals surface area contributed by atoms with Crippen LogP contribution >= 0.6 is 0 Å². The third-order valence-corrected chi connectivity index (χ3v) is 6.81. The number of anilines is 1. The fraction of sp³-hybridized carbons (Fsp3) is 0.417. The minimum atomic E-state index is -3.72. The number of hydrogen-bond acceptors (Lipinski definition) is 5. The Morgan fingerprint density at radius 1 is 1.09 bits per heavy atom. The molecule has 2 aromatic rings. The molecule has 9 heteroatoms. The van der Waals surface area contributed by atoms with E-state index in [1.165, 1.54) is 0 Å². The molecule has 3 rings (SSSR count). The summed E-state index contributed by atoms with van der Waals surface area (Å²) in [6.45, 7) is 7.52. The Morgan fingerprint density at radius 2 is 1.73 bits per heavy atom. The highest BCUT2D eigenvalue weighted by atomic mass is 32.2. The number of nitrogens with one attached hydrogen (secondary N) is 1. The molecule has 1 saturated heterocycles. The van der Waals surface area contributed by atoms with E-state index in [0.29, 0.717) is 37.6 Å². The zero-order valence-electron chi connectivity index (χ0n) is 19.5. The van der Waals surface area contributed by atoms with E-state index in [1.807, 2.05) is 39.0 Å². The van der Waals surface area contributed by atoms with E-state index < -0.39 is 15.9 Å². The number of nitrogens with zero attached hydrogens (tertiary/aromatic N) is 2. The first-order valence-corrected chi connectivity index (χ1v) is 12.7. The Bertz CT molecular complexity index is 1110. The number of amides is 2. The molecule has 0 aromatic heterocycles. The molecule has 8 nitrogen and oxygen atoms in total. The number of hydrogen-bond donors (Lipinski definition) is 1. The third-order valence-electron chi connectivity index (χ3n) is 5.67. The van der Waals surface area contributed by atoms with Gasteiger partial charge in [0.15, 0.2) is 0 Å². The summed E-state index contributed by atoms with van der Waals surface area (Å²) in [6, 6.07) is 12.0. The van der Waals surface area contributed by atoms with Gasteiger partial charge < -0.3 is 15.0 Å². The fourth-order valence-corrected chi connectivity index (χ4v) is 4.70. The van der Waals surface area contributed by atoms with Crippen LogP contribution in [-0.4, -0.2) is 64.2 Å². The highest BCUT2D eigenvalue weighted by molar-refractivity contribution is 7.92. The van der Waals surface area contributed by atoms with Crippen LogP contribution in [0, 0.1) is 13.8 Å². The van der Waals surface area contributed by atoms with Gasteiger partial charge in [0.1, 0.15) is 6.54 Å². The lowest BCUT2D eigenvalue weighted by atomic mass is 10.00. The average Bonchev–Trinajstić information content (AvgIpc) is 2.78. The van der Waals surface area contributed by atoms with Crippen LogP contribution in [0.1, 0.15) is 40.0 Å². The highest BCUT2D eigenvalue weighted by Gasteiger charge is 2.24. The molecule has 33 heavy (non-hydrogen) atoms. The van der Waals surface area contributed by atoms with Gasteiger partial charge in [0.05, 0.1) is 31.2 Å². The second kappa shape index (κ2) is 10.4. The number of ether oxygens (including phenoxy) is 1. The lowest BCUT2D eigenvalue weighted by Gasteiger charge is -2.27. The first-order chi connectivity index (χ1) is 15.6. The molecule has 2 amide bonds. The Balaban J connectivity index is 1.72. The van der Waals surface area contributed by atoms with Crippen molar-refractivity contribution in [2.75, 3.05) is 43.4 Å². The zero-order valence-corrected chi connectivity index (χ0v) is 20.3. The molecule has 1 aliphatic heterocycles. The van der Waals surface area contributed by atoms with Crippen molar-refractivity contribution in [2.45, 2.75) is 26.8 Å². The van der Waals surface area contributed by atoms with E-state index >= 15 is 0 Å². The summed E-state index contributed by atoms with van der Waals surface area (Å²) in [5.74, 6) is -0.543. The molecule has 1 unspecified atom stereocenters. The molecular formula is C24H31N3O5S. The average molecular weight is 474 g/mol. The summed E-state index contributed by atoms with van der Waals surface area (Å²) in [6.07, 6.45) is 1.06. The van der Waals surface area contributed by atoms with Gasteiger partial charge in [-0.05, 0) is 56.2 Å². The third kappa shape index (κ3) is 6.33. The minimum Gasteiger partial charge on any atom is -0.378 e. The molecule has 0 radical (unpaired) electrons. The molecule has 178 valence electrons. The lowest BCUT2D eigenvalue weighted by molar-refractivity contribution is -0.120. The Labute approximate surface area is 195 Å². The minimum absolute atomic E-state index is 0.129. The van der Waals surface area contributed by atoms with Crippen molar-refractivity contribution < 1.29 is 22.7 Å². The lowest BCUT2D eigenvalue weighted by Crippen LogP contribution is -2.41. The molecule has 0 saturated carbocycles. The molecular weight excluding hydrogens is 442 g/mol. The standard InChI is InChI=1S/C24H31N3O5S/c1-17-5-6-18(2)22(15-17)19(3)25-23(28)16-27(33(4,30)31)21-9-7-20(8-10-21)24(29)26-11-13-32-14-12-26/h5-10,15,19H,11-14,16H2,1-4H3,(H,25,28). The van der Waals surface area contributed by atoms with Crippen LogP contribution in [0.5, 0.6) is 0 Å². The van der Waals surface area contributed by atoms with Crippen molar-refractivity contribution in [2.24, 2.45) is 0 Å². The van der Waals surface area contributed by atoms with E-state index in [4.69, 9.17) is 4.74 Å². The number of rotatable bonds is 7. The number of carbonyl (C=O) groups excluding carboxylic acids is 2. The summed E-state index contributed by atoms with van der Waals surface area (Å²) in [4.78, 5) is 27.1. The number of benzene rings is 2. The van der Waals surface area contributed by atoms with E-state index in [9.17, 15) is 18.0 Å². The molecule has 0 aliphatic carbocycles. The molecule has 1 heterocycles. The summed E-state index contributed by atoms with van der Waals surface area (Å²) >= 11 is 0. The van der Waals surface area contributed by atoms with E-state index in [2.05, 4.69) is 5.32 Å². The Kier molecular flexibility index (Phi) is 7.76. The largest absolute Gasteiger partial charge is 0.378 e. The molecule has 2 aromatic carbocycles. The van der Waals surface area contributed by atoms with Crippen molar-refractivity contribution in [3.05, 3.63) is 64.7 Å². The molecule has 1 atom stereocenters. The molecule has 1 aliphatic rings. The number of aryl methyl sites for hydroxylation is 2. The van der Waals surface area contributed by atoms with Gasteiger partial charge in [-0.25, -0.2) is 8.42 Å². The van der Waals surface area contributed by atoms with E-state index in [1.54, 1.807) is 29.2 Å². The Morgan fingerprint density at radius 3 is 2.33 bits per heavy atom. The van der Waals surface area contributed by atoms with Crippen LogP contribution in [0.25, 0.3) is 0 Å². The summed E-state index contributed by atoms with van der Waals surface area (Å²) in [5, 5.41) is 2.89. The van der Waals surface area contributed by atoms with Crippen molar-refractivity contribution in [3.63, 3.8) is 0 Å². The monoisotopic (exact) mass is 473 g/mol. The summed E-state index contributed by atoms with van der Waals surface area (Å²) < 4.78 is 31.2. The van der Waals surface area contributed by atoms with Crippen LogP contribution in [-0.2, 0) is 19.6 Å². The van der Waals surface area contributed by atoms with Gasteiger partial charge in [0, 0.05) is 18.7 Å². The van der Waals surface area contributed by atoms with Crippen LogP contribution < -0.4 is 9.62 Å². The van der Waals surface area contributed by atoms with Crippen LogP contribution in [0.15, 0.2) is 42.5 Å². The second-order valence-corrected chi connectivity index (χ2v) is 10.3. The van der Waals surface area contributed by atoms with Gasteiger partial charge in [-0.15, -0.1) is 0 Å². The fourth-order valence-electron chi connectivity index (χ4n) is 3.84. The van der Waals surface area contributed by atoms with Gasteiger partial charge in [-0.1, -0.05) is 23.8 Å². The molecule has 1 fully saturated rings. The second-order valence-electron chi connectivity index (χ2n) is 8.37.